The van der Waals surface area contributed by atoms with Gasteiger partial charge in [0.1, 0.15) is 6.61 Å². The van der Waals surface area contributed by atoms with E-state index < -0.39 is 5.97 Å². The van der Waals surface area contributed by atoms with Crippen LogP contribution in [-0.2, 0) is 19.1 Å². The van der Waals surface area contributed by atoms with Gasteiger partial charge in [-0.05, 0) is 6.92 Å². The zero-order valence-electron chi connectivity index (χ0n) is 10.4. The van der Waals surface area contributed by atoms with Crippen molar-refractivity contribution < 1.29 is 24.2 Å². The summed E-state index contributed by atoms with van der Waals surface area (Å²) in [5, 5.41) is 8.19. The zero-order valence-corrected chi connectivity index (χ0v) is 10.4. The fourth-order valence-electron chi connectivity index (χ4n) is 0.379. The van der Waals surface area contributed by atoms with E-state index in [4.69, 9.17) is 5.11 Å². The number of ether oxygens (including phenoxy) is 2. The molecule has 0 unspecified atom stereocenters. The first-order valence-corrected chi connectivity index (χ1v) is 4.67. The molecule has 17 heavy (non-hydrogen) atoms. The second-order valence-corrected chi connectivity index (χ2v) is 2.42. The Morgan fingerprint density at radius 2 is 1.76 bits per heavy atom. The van der Waals surface area contributed by atoms with Crippen LogP contribution in [0.1, 0.15) is 13.8 Å². The Bertz CT molecular complexity index is 245. The average molecular weight is 244 g/mol. The Morgan fingerprint density at radius 1 is 1.29 bits per heavy atom. The molecular weight excluding hydrogens is 224 g/mol. The van der Waals surface area contributed by atoms with Crippen LogP contribution in [0, 0.1) is 0 Å². The molecule has 0 aliphatic heterocycles. The van der Waals surface area contributed by atoms with Crippen molar-refractivity contribution in [1.29, 1.82) is 0 Å². The Kier molecular flexibility index (Phi) is 20.0. The minimum Gasteiger partial charge on any atom is -0.460 e. The molecule has 0 radical (unpaired) electrons. The second-order valence-electron chi connectivity index (χ2n) is 2.42. The molecule has 0 aromatic rings. The summed E-state index contributed by atoms with van der Waals surface area (Å²) < 4.78 is 8.63. The molecule has 0 heterocycles. The predicted octanol–water partition coefficient (Wildman–Crippen LogP) is 1.59. The van der Waals surface area contributed by atoms with Crippen LogP contribution in [0.5, 0.6) is 0 Å². The van der Waals surface area contributed by atoms with E-state index in [2.05, 4.69) is 35.8 Å². The number of esters is 2. The average Bonchev–Trinajstić information content (AvgIpc) is 2.29. The number of carbonyl (C=O) groups is 2. The van der Waals surface area contributed by atoms with Crippen LogP contribution in [0.4, 0.5) is 0 Å². The summed E-state index contributed by atoms with van der Waals surface area (Å²) in [6, 6.07) is 0. The number of carbonyl (C=O) groups excluding carboxylic acids is 2. The van der Waals surface area contributed by atoms with E-state index >= 15 is 0 Å². The first kappa shape index (κ1) is 20.5. The summed E-state index contributed by atoms with van der Waals surface area (Å²) in [5.41, 5.74) is 0.350. The number of aliphatic hydroxyl groups is 1. The van der Waals surface area contributed by atoms with Crippen molar-refractivity contribution in [3.8, 4) is 0 Å². The van der Waals surface area contributed by atoms with E-state index in [-0.39, 0.29) is 19.2 Å². The quantitative estimate of drug-likeness (QED) is 0.352. The minimum atomic E-state index is -0.455. The van der Waals surface area contributed by atoms with Crippen molar-refractivity contribution in [1.82, 2.24) is 0 Å². The van der Waals surface area contributed by atoms with Crippen LogP contribution in [0.15, 0.2) is 38.2 Å². The molecule has 0 aromatic heterocycles. The number of hydrogen-bond donors (Lipinski definition) is 1. The Morgan fingerprint density at radius 3 is 1.94 bits per heavy atom. The van der Waals surface area contributed by atoms with Crippen LogP contribution in [0.3, 0.4) is 0 Å². The van der Waals surface area contributed by atoms with Gasteiger partial charge in [0, 0.05) is 12.5 Å². The highest BCUT2D eigenvalue weighted by Gasteiger charge is 1.99. The maximum atomic E-state index is 10.5. The van der Waals surface area contributed by atoms with Gasteiger partial charge in [-0.3, -0.25) is 4.79 Å². The van der Waals surface area contributed by atoms with Crippen LogP contribution in [0.2, 0.25) is 0 Å². The molecule has 0 spiro atoms. The third-order valence-corrected chi connectivity index (χ3v) is 0.922. The highest BCUT2D eigenvalue weighted by Crippen LogP contribution is 1.89. The van der Waals surface area contributed by atoms with Crippen molar-refractivity contribution in [2.75, 3.05) is 13.2 Å². The third-order valence-electron chi connectivity index (χ3n) is 0.922. The topological polar surface area (TPSA) is 72.8 Å². The van der Waals surface area contributed by atoms with Crippen molar-refractivity contribution in [3.05, 3.63) is 38.2 Å². The summed E-state index contributed by atoms with van der Waals surface area (Å²) in [6.07, 6.45) is 1.10. The molecular formula is C12H20O5. The van der Waals surface area contributed by atoms with E-state index in [1.807, 2.05) is 0 Å². The van der Waals surface area contributed by atoms with Gasteiger partial charge in [0.25, 0.3) is 0 Å². The molecule has 1 N–H and O–H groups in total. The maximum absolute atomic E-state index is 10.5. The van der Waals surface area contributed by atoms with Crippen molar-refractivity contribution >= 4 is 11.9 Å². The molecule has 0 atom stereocenters. The lowest BCUT2D eigenvalue weighted by molar-refractivity contribution is -0.140. The molecule has 0 aromatic carbocycles. The lowest BCUT2D eigenvalue weighted by Gasteiger charge is -1.99. The molecule has 5 nitrogen and oxygen atoms in total. The van der Waals surface area contributed by atoms with Crippen LogP contribution in [-0.4, -0.2) is 30.3 Å². The van der Waals surface area contributed by atoms with Crippen molar-refractivity contribution in [2.45, 2.75) is 13.8 Å². The molecule has 0 fully saturated rings. The Labute approximate surface area is 102 Å². The van der Waals surface area contributed by atoms with Crippen molar-refractivity contribution in [2.24, 2.45) is 0 Å². The largest absolute Gasteiger partial charge is 0.460 e. The SMILES string of the molecule is C=C.C=C(C)C(=O)OCCO.C=COC(C)=O. The first-order chi connectivity index (χ1) is 7.95. The molecule has 0 rings (SSSR count). The number of rotatable bonds is 4. The Balaban J connectivity index is -0.000000213. The van der Waals surface area contributed by atoms with Crippen molar-refractivity contribution in [3.63, 3.8) is 0 Å². The molecule has 0 amide bonds. The smallest absolute Gasteiger partial charge is 0.333 e. The number of hydrogen-bond acceptors (Lipinski definition) is 5. The lowest BCUT2D eigenvalue weighted by Crippen LogP contribution is -2.08. The van der Waals surface area contributed by atoms with Gasteiger partial charge in [0.15, 0.2) is 0 Å². The van der Waals surface area contributed by atoms with E-state index in [0.29, 0.717) is 5.57 Å². The van der Waals surface area contributed by atoms with Gasteiger partial charge in [-0.2, -0.15) is 0 Å². The minimum absolute atomic E-state index is 0.0473. The standard InChI is InChI=1S/C6H10O3.C4H6O2.C2H4/c1-5(2)6(8)9-4-3-7;1-3-6-4(2)5;1-2/h7H,1,3-4H2,2H3;3H,1H2,2H3;1-2H2. The third kappa shape index (κ3) is 24.9. The monoisotopic (exact) mass is 244 g/mol. The zero-order chi connectivity index (χ0) is 14.3. The van der Waals surface area contributed by atoms with Crippen LogP contribution >= 0.6 is 0 Å². The molecule has 0 aliphatic carbocycles. The highest BCUT2D eigenvalue weighted by molar-refractivity contribution is 5.86. The second kappa shape index (κ2) is 16.5. The van der Waals surface area contributed by atoms with Gasteiger partial charge in [-0.1, -0.05) is 13.2 Å². The highest BCUT2D eigenvalue weighted by atomic mass is 16.5. The molecule has 98 valence electrons. The molecule has 0 bridgehead atoms. The summed E-state index contributed by atoms with van der Waals surface area (Å²) >= 11 is 0. The van der Waals surface area contributed by atoms with E-state index in [0.717, 1.165) is 6.26 Å². The van der Waals surface area contributed by atoms with Crippen LogP contribution < -0.4 is 0 Å². The predicted molar refractivity (Wildman–Crippen MR) is 66.1 cm³/mol. The number of aliphatic hydroxyl groups excluding tert-OH is 1. The molecule has 0 saturated carbocycles. The fourth-order valence-corrected chi connectivity index (χ4v) is 0.379. The molecule has 5 heteroatoms. The van der Waals surface area contributed by atoms with Gasteiger partial charge >= 0.3 is 11.9 Å². The van der Waals surface area contributed by atoms with Gasteiger partial charge in [0.05, 0.1) is 12.9 Å². The summed E-state index contributed by atoms with van der Waals surface area (Å²) in [7, 11) is 0. The van der Waals surface area contributed by atoms with Gasteiger partial charge < -0.3 is 14.6 Å². The fraction of sp³-hybridized carbons (Fsp3) is 0.333. The Hall–Kier alpha value is -1.88. The molecule has 0 saturated heterocycles. The van der Waals surface area contributed by atoms with Gasteiger partial charge in [-0.25, -0.2) is 4.79 Å². The van der Waals surface area contributed by atoms with E-state index in [9.17, 15) is 9.59 Å². The van der Waals surface area contributed by atoms with Gasteiger partial charge in [0.2, 0.25) is 0 Å². The van der Waals surface area contributed by atoms with E-state index in [1.54, 1.807) is 6.92 Å². The first-order valence-electron chi connectivity index (χ1n) is 4.67. The summed E-state index contributed by atoms with van der Waals surface area (Å²) in [4.78, 5) is 20.2. The summed E-state index contributed by atoms with van der Waals surface area (Å²) in [5.74, 6) is -0.783. The maximum Gasteiger partial charge on any atom is 0.333 e. The molecule has 0 aliphatic rings. The van der Waals surface area contributed by atoms with Gasteiger partial charge in [-0.15, -0.1) is 13.2 Å². The van der Waals surface area contributed by atoms with E-state index in [1.165, 1.54) is 6.92 Å². The normalized spacial score (nSPS) is 7.24. The summed E-state index contributed by atoms with van der Waals surface area (Å²) in [6.45, 7) is 15.3. The lowest BCUT2D eigenvalue weighted by atomic mass is 10.4. The van der Waals surface area contributed by atoms with Crippen LogP contribution in [0.25, 0.3) is 0 Å².